The molecule has 0 radical (unpaired) electrons. The van der Waals surface area contributed by atoms with Gasteiger partial charge in [-0.25, -0.2) is 5.43 Å². The maximum atomic E-state index is 12.1. The van der Waals surface area contributed by atoms with E-state index in [4.69, 9.17) is 4.74 Å². The SMILES string of the molecule is COc1ccc(CSCC(=O)N/N=C\c2cc(C)n(-c3ccc(C)cc3C)c2C)cc1. The molecule has 2 aromatic carbocycles. The number of hydrogen-bond acceptors (Lipinski definition) is 4. The number of methoxy groups -OCH3 is 1. The fourth-order valence-corrected chi connectivity index (χ4v) is 4.31. The van der Waals surface area contributed by atoms with Gasteiger partial charge in [0.15, 0.2) is 0 Å². The Morgan fingerprint density at radius 1 is 1.10 bits per heavy atom. The van der Waals surface area contributed by atoms with Gasteiger partial charge in [0.1, 0.15) is 5.75 Å². The third-order valence-electron chi connectivity index (χ3n) is 5.12. The fraction of sp³-hybridized carbons (Fsp3) is 0.280. The molecular formula is C25H29N3O2S. The van der Waals surface area contributed by atoms with E-state index in [0.29, 0.717) is 5.75 Å². The number of hydrazone groups is 1. The maximum absolute atomic E-state index is 12.1. The van der Waals surface area contributed by atoms with E-state index in [-0.39, 0.29) is 5.91 Å². The van der Waals surface area contributed by atoms with Gasteiger partial charge in [0.25, 0.3) is 0 Å². The molecule has 3 aromatic rings. The van der Waals surface area contributed by atoms with Gasteiger partial charge < -0.3 is 9.30 Å². The fourth-order valence-electron chi connectivity index (χ4n) is 3.53. The second-order valence-corrected chi connectivity index (χ2v) is 8.57. The molecule has 5 nitrogen and oxygen atoms in total. The molecular weight excluding hydrogens is 406 g/mol. The monoisotopic (exact) mass is 435 g/mol. The molecule has 1 N–H and O–H groups in total. The largest absolute Gasteiger partial charge is 0.497 e. The Labute approximate surface area is 188 Å². The third-order valence-corrected chi connectivity index (χ3v) is 6.12. The first-order valence-electron chi connectivity index (χ1n) is 10.2. The van der Waals surface area contributed by atoms with Crippen LogP contribution in [0.1, 0.15) is 33.6 Å². The Balaban J connectivity index is 1.56. The normalized spacial score (nSPS) is 11.1. The number of aromatic nitrogens is 1. The molecule has 0 bridgehead atoms. The topological polar surface area (TPSA) is 55.6 Å². The van der Waals surface area contributed by atoms with E-state index in [1.165, 1.54) is 16.8 Å². The van der Waals surface area contributed by atoms with Crippen LogP contribution >= 0.6 is 11.8 Å². The summed E-state index contributed by atoms with van der Waals surface area (Å²) in [6.45, 7) is 8.37. The third kappa shape index (κ3) is 5.79. The van der Waals surface area contributed by atoms with Crippen molar-refractivity contribution >= 4 is 23.9 Å². The van der Waals surface area contributed by atoms with Crippen molar-refractivity contribution in [1.82, 2.24) is 9.99 Å². The van der Waals surface area contributed by atoms with Gasteiger partial charge >= 0.3 is 0 Å². The van der Waals surface area contributed by atoms with E-state index in [2.05, 4.69) is 67.1 Å². The lowest BCUT2D eigenvalue weighted by atomic mass is 10.1. The molecule has 0 aliphatic carbocycles. The summed E-state index contributed by atoms with van der Waals surface area (Å²) in [5, 5.41) is 4.17. The molecule has 1 aromatic heterocycles. The van der Waals surface area contributed by atoms with Gasteiger partial charge in [-0.05, 0) is 63.1 Å². The molecule has 3 rings (SSSR count). The van der Waals surface area contributed by atoms with Crippen molar-refractivity contribution in [3.05, 3.63) is 82.2 Å². The Morgan fingerprint density at radius 3 is 2.52 bits per heavy atom. The van der Waals surface area contributed by atoms with Crippen molar-refractivity contribution in [1.29, 1.82) is 0 Å². The van der Waals surface area contributed by atoms with E-state index in [1.54, 1.807) is 25.1 Å². The zero-order valence-electron chi connectivity index (χ0n) is 18.7. The minimum atomic E-state index is -0.113. The minimum absolute atomic E-state index is 0.113. The lowest BCUT2D eigenvalue weighted by Crippen LogP contribution is -2.19. The first-order valence-corrected chi connectivity index (χ1v) is 11.3. The minimum Gasteiger partial charge on any atom is -0.497 e. The summed E-state index contributed by atoms with van der Waals surface area (Å²) in [5.41, 5.74) is 10.6. The van der Waals surface area contributed by atoms with E-state index in [1.807, 2.05) is 24.3 Å². The van der Waals surface area contributed by atoms with Crippen LogP contribution in [-0.4, -0.2) is 29.6 Å². The van der Waals surface area contributed by atoms with Crippen LogP contribution < -0.4 is 10.2 Å². The van der Waals surface area contributed by atoms with Crippen LogP contribution in [-0.2, 0) is 10.5 Å². The van der Waals surface area contributed by atoms with Gasteiger partial charge in [-0.3, -0.25) is 4.79 Å². The molecule has 0 aliphatic rings. The van der Waals surface area contributed by atoms with E-state index < -0.39 is 0 Å². The Kier molecular flexibility index (Phi) is 7.58. The number of rotatable bonds is 8. The van der Waals surface area contributed by atoms with Gasteiger partial charge in [-0.2, -0.15) is 5.10 Å². The summed E-state index contributed by atoms with van der Waals surface area (Å²) in [4.78, 5) is 12.1. The highest BCUT2D eigenvalue weighted by Gasteiger charge is 2.11. The highest BCUT2D eigenvalue weighted by molar-refractivity contribution is 7.99. The summed E-state index contributed by atoms with van der Waals surface area (Å²) in [5.74, 6) is 1.83. The van der Waals surface area contributed by atoms with Crippen LogP contribution in [0.4, 0.5) is 0 Å². The van der Waals surface area contributed by atoms with Crippen LogP contribution in [0.5, 0.6) is 5.75 Å². The van der Waals surface area contributed by atoms with Gasteiger partial charge in [-0.15, -0.1) is 11.8 Å². The zero-order chi connectivity index (χ0) is 22.4. The van der Waals surface area contributed by atoms with Crippen LogP contribution in [0.15, 0.2) is 53.6 Å². The summed E-state index contributed by atoms with van der Waals surface area (Å²) in [6, 6.07) is 16.4. The number of benzene rings is 2. The molecule has 31 heavy (non-hydrogen) atoms. The quantitative estimate of drug-likeness (QED) is 0.395. The smallest absolute Gasteiger partial charge is 0.250 e. The number of thioether (sulfide) groups is 1. The van der Waals surface area contributed by atoms with Gasteiger partial charge in [0, 0.05) is 28.4 Å². The molecule has 0 unspecified atom stereocenters. The Morgan fingerprint density at radius 2 is 1.84 bits per heavy atom. The van der Waals surface area contributed by atoms with Gasteiger partial charge in [0.05, 0.1) is 19.1 Å². The number of ether oxygens (including phenoxy) is 1. The highest BCUT2D eigenvalue weighted by atomic mass is 32.2. The maximum Gasteiger partial charge on any atom is 0.250 e. The standard InChI is InChI=1S/C25H29N3O2S/c1-17-6-11-24(18(2)12-17)28-19(3)13-22(20(28)4)14-26-27-25(29)16-31-15-21-7-9-23(30-5)10-8-21/h6-14H,15-16H2,1-5H3,(H,27,29)/b26-14-. The van der Waals surface area contributed by atoms with Gasteiger partial charge in [0.2, 0.25) is 5.91 Å². The second kappa shape index (κ2) is 10.4. The number of nitrogens with zero attached hydrogens (tertiary/aromatic N) is 2. The van der Waals surface area contributed by atoms with Gasteiger partial charge in [-0.1, -0.05) is 29.8 Å². The molecule has 1 amide bonds. The Bertz CT molecular complexity index is 1080. The van der Waals surface area contributed by atoms with Crippen molar-refractivity contribution < 1.29 is 9.53 Å². The predicted molar refractivity (Wildman–Crippen MR) is 130 cm³/mol. The number of carbonyl (C=O) groups excluding carboxylic acids is 1. The number of amides is 1. The molecule has 0 atom stereocenters. The number of hydrogen-bond donors (Lipinski definition) is 1. The van der Waals surface area contributed by atoms with E-state index >= 15 is 0 Å². The zero-order valence-corrected chi connectivity index (χ0v) is 19.5. The molecule has 0 saturated heterocycles. The second-order valence-electron chi connectivity index (χ2n) is 7.59. The molecule has 0 saturated carbocycles. The first-order chi connectivity index (χ1) is 14.9. The van der Waals surface area contributed by atoms with Crippen molar-refractivity contribution in [2.24, 2.45) is 5.10 Å². The van der Waals surface area contributed by atoms with Crippen LogP contribution in [0.3, 0.4) is 0 Å². The molecule has 0 aliphatic heterocycles. The average molecular weight is 436 g/mol. The van der Waals surface area contributed by atoms with Crippen molar-refractivity contribution in [3.63, 3.8) is 0 Å². The van der Waals surface area contributed by atoms with Crippen molar-refractivity contribution in [3.8, 4) is 11.4 Å². The van der Waals surface area contributed by atoms with Crippen LogP contribution in [0.2, 0.25) is 0 Å². The summed E-state index contributed by atoms with van der Waals surface area (Å²) >= 11 is 1.55. The Hall–Kier alpha value is -2.99. The highest BCUT2D eigenvalue weighted by Crippen LogP contribution is 2.23. The summed E-state index contributed by atoms with van der Waals surface area (Å²) in [6.07, 6.45) is 1.72. The van der Waals surface area contributed by atoms with Crippen LogP contribution in [0.25, 0.3) is 5.69 Å². The van der Waals surface area contributed by atoms with E-state index in [0.717, 1.165) is 34.0 Å². The summed E-state index contributed by atoms with van der Waals surface area (Å²) in [7, 11) is 1.65. The predicted octanol–water partition coefficient (Wildman–Crippen LogP) is 5.10. The van der Waals surface area contributed by atoms with Crippen LogP contribution in [0, 0.1) is 27.7 Å². The molecule has 6 heteroatoms. The van der Waals surface area contributed by atoms with E-state index in [9.17, 15) is 4.79 Å². The molecule has 162 valence electrons. The number of carbonyl (C=O) groups is 1. The number of aryl methyl sites for hydroxylation is 3. The molecule has 1 heterocycles. The average Bonchev–Trinajstić information content (AvgIpc) is 3.02. The summed E-state index contributed by atoms with van der Waals surface area (Å²) < 4.78 is 7.38. The first kappa shape index (κ1) is 22.7. The lowest BCUT2D eigenvalue weighted by Gasteiger charge is -2.13. The molecule has 0 spiro atoms. The number of nitrogens with one attached hydrogen (secondary N) is 1. The lowest BCUT2D eigenvalue weighted by molar-refractivity contribution is -0.118. The molecule has 0 fully saturated rings. The van der Waals surface area contributed by atoms with Crippen molar-refractivity contribution in [2.45, 2.75) is 33.4 Å². The van der Waals surface area contributed by atoms with Crippen molar-refractivity contribution in [2.75, 3.05) is 12.9 Å².